The Morgan fingerprint density at radius 1 is 1.19 bits per heavy atom. The summed E-state index contributed by atoms with van der Waals surface area (Å²) in [6.07, 6.45) is 2.95. The topological polar surface area (TPSA) is 69.9 Å². The molecule has 0 saturated carbocycles. The van der Waals surface area contributed by atoms with Crippen LogP contribution >= 0.6 is 46.1 Å². The van der Waals surface area contributed by atoms with Crippen molar-refractivity contribution in [3.63, 3.8) is 0 Å². The average Bonchev–Trinajstić information content (AvgIpc) is 3.16. The molecule has 2 aromatic carbocycles. The number of aromatic nitrogens is 1. The highest BCUT2D eigenvalue weighted by molar-refractivity contribution is 7.07. The molecular formula is C26H23Cl3N2O4S. The standard InChI is InChI=1S/C26H23Cl3N2O4S/c1-4-7-18-21(25(33)35-5-2)23(16-13-15(27)10-11-19(16)34-3)31-24(32)20(36-26(31)30-18)12-14-8-6-9-17(28)22(14)29/h6,8-13,23H,4-5,7H2,1-3H3/b20-12+/t23-/m1/s1. The van der Waals surface area contributed by atoms with E-state index in [1.165, 1.54) is 23.0 Å². The van der Waals surface area contributed by atoms with Crippen LogP contribution in [0.3, 0.4) is 0 Å². The van der Waals surface area contributed by atoms with Gasteiger partial charge in [0.25, 0.3) is 5.56 Å². The van der Waals surface area contributed by atoms with Gasteiger partial charge in [0.2, 0.25) is 0 Å². The molecule has 0 fully saturated rings. The van der Waals surface area contributed by atoms with E-state index in [0.717, 1.165) is 6.42 Å². The maximum atomic E-state index is 13.8. The van der Waals surface area contributed by atoms with Crippen LogP contribution in [0.15, 0.2) is 57.5 Å². The summed E-state index contributed by atoms with van der Waals surface area (Å²) in [5.74, 6) is -0.0553. The number of fused-ring (bicyclic) bond motifs is 1. The molecule has 1 aromatic heterocycles. The van der Waals surface area contributed by atoms with Gasteiger partial charge in [-0.05, 0) is 49.2 Å². The van der Waals surface area contributed by atoms with E-state index in [9.17, 15) is 9.59 Å². The maximum Gasteiger partial charge on any atom is 0.338 e. The largest absolute Gasteiger partial charge is 0.496 e. The van der Waals surface area contributed by atoms with E-state index in [0.29, 0.717) is 59.0 Å². The SMILES string of the molecule is CCCC1=C(C(=O)OCC)[C@@H](c2cc(Cl)ccc2OC)n2c(s/c(=C/c3cccc(Cl)c3Cl)c2=O)=N1. The third-order valence-corrected chi connectivity index (χ3v) is 7.70. The highest BCUT2D eigenvalue weighted by atomic mass is 35.5. The normalized spacial score (nSPS) is 15.5. The predicted molar refractivity (Wildman–Crippen MR) is 144 cm³/mol. The number of rotatable bonds is 7. The molecule has 2 heterocycles. The summed E-state index contributed by atoms with van der Waals surface area (Å²) < 4.78 is 12.9. The number of allylic oxidation sites excluding steroid dienone is 1. The molecule has 188 valence electrons. The number of esters is 1. The van der Waals surface area contributed by atoms with Gasteiger partial charge in [-0.25, -0.2) is 9.79 Å². The molecule has 4 rings (SSSR count). The summed E-state index contributed by atoms with van der Waals surface area (Å²) in [4.78, 5) is 32.3. The van der Waals surface area contributed by atoms with Crippen molar-refractivity contribution in [2.75, 3.05) is 13.7 Å². The first kappa shape index (κ1) is 26.5. The maximum absolute atomic E-state index is 13.8. The Bertz CT molecular complexity index is 1540. The van der Waals surface area contributed by atoms with Gasteiger partial charge in [-0.3, -0.25) is 9.36 Å². The summed E-state index contributed by atoms with van der Waals surface area (Å²) >= 11 is 20.1. The lowest BCUT2D eigenvalue weighted by molar-refractivity contribution is -0.139. The molecular weight excluding hydrogens is 543 g/mol. The van der Waals surface area contributed by atoms with Gasteiger partial charge < -0.3 is 9.47 Å². The van der Waals surface area contributed by atoms with Crippen LogP contribution in [0.25, 0.3) is 6.08 Å². The van der Waals surface area contributed by atoms with Crippen molar-refractivity contribution in [3.8, 4) is 5.75 Å². The van der Waals surface area contributed by atoms with E-state index < -0.39 is 12.0 Å². The van der Waals surface area contributed by atoms with Crippen LogP contribution in [-0.2, 0) is 9.53 Å². The third kappa shape index (κ3) is 4.98. The van der Waals surface area contributed by atoms with Gasteiger partial charge in [0.1, 0.15) is 11.8 Å². The Hall–Kier alpha value is -2.58. The van der Waals surface area contributed by atoms with Crippen LogP contribution in [-0.4, -0.2) is 24.3 Å². The quantitative estimate of drug-likeness (QED) is 0.352. The summed E-state index contributed by atoms with van der Waals surface area (Å²) in [6.45, 7) is 3.91. The number of nitrogens with zero attached hydrogens (tertiary/aromatic N) is 2. The molecule has 1 aliphatic heterocycles. The molecule has 1 aliphatic rings. The van der Waals surface area contributed by atoms with Crippen LogP contribution < -0.4 is 19.6 Å². The minimum atomic E-state index is -0.840. The lowest BCUT2D eigenvalue weighted by Crippen LogP contribution is -2.40. The number of ether oxygens (including phenoxy) is 2. The van der Waals surface area contributed by atoms with Gasteiger partial charge in [-0.1, -0.05) is 71.6 Å². The number of thiazole rings is 1. The van der Waals surface area contributed by atoms with Crippen molar-refractivity contribution < 1.29 is 14.3 Å². The van der Waals surface area contributed by atoms with Gasteiger partial charge in [0, 0.05) is 10.6 Å². The highest BCUT2D eigenvalue weighted by Crippen LogP contribution is 2.38. The molecule has 0 bridgehead atoms. The number of methoxy groups -OCH3 is 1. The first-order valence-electron chi connectivity index (χ1n) is 11.3. The van der Waals surface area contributed by atoms with Crippen molar-refractivity contribution in [3.05, 3.63) is 93.6 Å². The molecule has 3 aromatic rings. The monoisotopic (exact) mass is 564 g/mol. The van der Waals surface area contributed by atoms with Gasteiger partial charge in [0.15, 0.2) is 4.80 Å². The number of benzene rings is 2. The van der Waals surface area contributed by atoms with Gasteiger partial charge >= 0.3 is 5.97 Å². The van der Waals surface area contributed by atoms with Crippen molar-refractivity contribution in [2.24, 2.45) is 4.99 Å². The lowest BCUT2D eigenvalue weighted by atomic mass is 9.93. The summed E-state index contributed by atoms with van der Waals surface area (Å²) in [5, 5.41) is 1.17. The highest BCUT2D eigenvalue weighted by Gasteiger charge is 2.36. The van der Waals surface area contributed by atoms with E-state index >= 15 is 0 Å². The van der Waals surface area contributed by atoms with E-state index in [1.54, 1.807) is 49.4 Å². The summed E-state index contributed by atoms with van der Waals surface area (Å²) in [5.41, 5.74) is 1.68. The van der Waals surface area contributed by atoms with Gasteiger partial charge in [0.05, 0.1) is 39.6 Å². The molecule has 0 amide bonds. The van der Waals surface area contributed by atoms with Crippen molar-refractivity contribution in [2.45, 2.75) is 32.7 Å². The molecule has 0 unspecified atom stereocenters. The van der Waals surface area contributed by atoms with Crippen molar-refractivity contribution >= 4 is 58.2 Å². The fraction of sp³-hybridized carbons (Fsp3) is 0.269. The second kappa shape index (κ2) is 11.2. The molecule has 0 spiro atoms. The van der Waals surface area contributed by atoms with E-state index in [-0.39, 0.29) is 12.2 Å². The fourth-order valence-corrected chi connectivity index (χ4v) is 5.66. The zero-order chi connectivity index (χ0) is 26.0. The lowest BCUT2D eigenvalue weighted by Gasteiger charge is -2.27. The Morgan fingerprint density at radius 2 is 1.97 bits per heavy atom. The summed E-state index contributed by atoms with van der Waals surface area (Å²) in [6, 6.07) is 9.47. The molecule has 0 N–H and O–H groups in total. The summed E-state index contributed by atoms with van der Waals surface area (Å²) in [7, 11) is 1.53. The number of carbonyl (C=O) groups is 1. The van der Waals surface area contributed by atoms with Crippen LogP contribution in [0.2, 0.25) is 15.1 Å². The molecule has 1 atom stereocenters. The first-order chi connectivity index (χ1) is 17.3. The number of hydrogen-bond donors (Lipinski definition) is 0. The van der Waals surface area contributed by atoms with E-state index in [2.05, 4.69) is 0 Å². The number of carbonyl (C=O) groups excluding carboxylic acids is 1. The van der Waals surface area contributed by atoms with Crippen LogP contribution in [0, 0.1) is 0 Å². The minimum absolute atomic E-state index is 0.179. The smallest absolute Gasteiger partial charge is 0.338 e. The molecule has 0 aliphatic carbocycles. The number of hydrogen-bond acceptors (Lipinski definition) is 6. The predicted octanol–water partition coefficient (Wildman–Crippen LogP) is 5.55. The Labute approximate surface area is 227 Å². The molecule has 36 heavy (non-hydrogen) atoms. The average molecular weight is 566 g/mol. The van der Waals surface area contributed by atoms with Crippen LogP contribution in [0.5, 0.6) is 5.75 Å². The molecule has 10 heteroatoms. The Balaban J connectivity index is 2.07. The zero-order valence-electron chi connectivity index (χ0n) is 19.8. The zero-order valence-corrected chi connectivity index (χ0v) is 22.9. The van der Waals surface area contributed by atoms with Gasteiger partial charge in [-0.15, -0.1) is 0 Å². The molecule has 0 saturated heterocycles. The molecule has 6 nitrogen and oxygen atoms in total. The van der Waals surface area contributed by atoms with Crippen LogP contribution in [0.4, 0.5) is 0 Å². The Morgan fingerprint density at radius 3 is 2.67 bits per heavy atom. The fourth-order valence-electron chi connectivity index (χ4n) is 4.11. The number of halogens is 3. The van der Waals surface area contributed by atoms with E-state index in [1.807, 2.05) is 6.92 Å². The Kier molecular flexibility index (Phi) is 8.25. The first-order valence-corrected chi connectivity index (χ1v) is 13.2. The van der Waals surface area contributed by atoms with Crippen molar-refractivity contribution in [1.29, 1.82) is 0 Å². The van der Waals surface area contributed by atoms with Gasteiger partial charge in [-0.2, -0.15) is 0 Å². The second-order valence-electron chi connectivity index (χ2n) is 7.94. The van der Waals surface area contributed by atoms with Crippen molar-refractivity contribution in [1.82, 2.24) is 4.57 Å². The van der Waals surface area contributed by atoms with Crippen LogP contribution in [0.1, 0.15) is 43.9 Å². The third-order valence-electron chi connectivity index (χ3n) is 5.65. The second-order valence-corrected chi connectivity index (χ2v) is 10.2. The molecule has 0 radical (unpaired) electrons. The minimum Gasteiger partial charge on any atom is -0.496 e. The van der Waals surface area contributed by atoms with E-state index in [4.69, 9.17) is 49.3 Å².